The van der Waals surface area contributed by atoms with Crippen molar-refractivity contribution in [2.24, 2.45) is 0 Å². The Labute approximate surface area is 237 Å². The molecule has 3 aliphatic rings. The van der Waals surface area contributed by atoms with Crippen LogP contribution in [0.3, 0.4) is 0 Å². The smallest absolute Gasteiger partial charge is 0.485 e. The van der Waals surface area contributed by atoms with E-state index in [4.69, 9.17) is 13.0 Å². The Morgan fingerprint density at radius 3 is 1.16 bits per heavy atom. The fraction of sp³-hybridized carbons (Fsp3) is 0.630. The molecule has 4 atom stereocenters. The molecule has 37 heavy (non-hydrogen) atoms. The summed E-state index contributed by atoms with van der Waals surface area (Å²) in [6.45, 7) is 10.0. The fourth-order valence-electron chi connectivity index (χ4n) is 5.10. The van der Waals surface area contributed by atoms with E-state index in [9.17, 15) is 13.2 Å². The SMILES string of the molecule is C1=C\CC/C=C\CC/1.C[C@H]1CC[C@H](C)P1c1ccccc1P1[C@@H](C)CC[C@@H]1C.O=S(=O)([O-])C(F)(F)F.[Rh]. The molecule has 1 radical (unpaired) electrons. The third-order valence-electron chi connectivity index (χ3n) is 6.96. The van der Waals surface area contributed by atoms with Crippen LogP contribution in [0.1, 0.15) is 79.1 Å². The van der Waals surface area contributed by atoms with Crippen molar-refractivity contribution in [1.82, 2.24) is 0 Å². The minimum absolute atomic E-state index is 0. The van der Waals surface area contributed by atoms with Gasteiger partial charge < -0.3 is 4.55 Å². The maximum absolute atomic E-state index is 10.7. The summed E-state index contributed by atoms with van der Waals surface area (Å²) in [5.74, 6) is 0. The van der Waals surface area contributed by atoms with E-state index in [1.807, 2.05) is 0 Å². The van der Waals surface area contributed by atoms with Crippen LogP contribution in [0.15, 0.2) is 48.6 Å². The van der Waals surface area contributed by atoms with Gasteiger partial charge in [0.05, 0.1) is 0 Å². The number of rotatable bonds is 2. The van der Waals surface area contributed by atoms with Crippen LogP contribution in [0, 0.1) is 0 Å². The Kier molecular flexibility index (Phi) is 15.3. The van der Waals surface area contributed by atoms with Gasteiger partial charge in [-0.3, -0.25) is 0 Å². The van der Waals surface area contributed by atoms with Crippen LogP contribution < -0.4 is 10.6 Å². The minimum Gasteiger partial charge on any atom is -0.741 e. The summed E-state index contributed by atoms with van der Waals surface area (Å²) in [7, 11) is -5.93. The van der Waals surface area contributed by atoms with Gasteiger partial charge in [-0.05, 0) is 84.6 Å². The molecule has 1 aromatic rings. The van der Waals surface area contributed by atoms with Crippen LogP contribution in [0.2, 0.25) is 0 Å². The molecule has 0 unspecified atom stereocenters. The van der Waals surface area contributed by atoms with Gasteiger partial charge in [0.15, 0.2) is 10.1 Å². The number of alkyl halides is 3. The molecule has 2 aliphatic heterocycles. The maximum Gasteiger partial charge on any atom is 0.485 e. The number of hydrogen-bond acceptors (Lipinski definition) is 3. The third kappa shape index (κ3) is 10.8. The van der Waals surface area contributed by atoms with Crippen molar-refractivity contribution in [3.8, 4) is 0 Å². The molecule has 213 valence electrons. The van der Waals surface area contributed by atoms with Gasteiger partial charge in [0.2, 0.25) is 0 Å². The van der Waals surface area contributed by atoms with Crippen LogP contribution in [-0.2, 0) is 29.6 Å². The van der Waals surface area contributed by atoms with Gasteiger partial charge in [0.25, 0.3) is 0 Å². The molecule has 0 bridgehead atoms. The second-order valence-corrected chi connectivity index (χ2v) is 17.3. The molecule has 1 aliphatic carbocycles. The van der Waals surface area contributed by atoms with Gasteiger partial charge in [-0.2, -0.15) is 13.2 Å². The molecule has 2 heterocycles. The first-order valence-corrected chi connectivity index (χ1v) is 17.2. The molecule has 10 heteroatoms. The molecule has 0 saturated carbocycles. The molecular formula is C27H40F3O3P2RhS-. The Morgan fingerprint density at radius 2 is 0.946 bits per heavy atom. The first-order valence-electron chi connectivity index (χ1n) is 12.8. The van der Waals surface area contributed by atoms with Gasteiger partial charge in [-0.15, -0.1) is 0 Å². The van der Waals surface area contributed by atoms with Crippen molar-refractivity contribution in [3.63, 3.8) is 0 Å². The molecule has 2 saturated heterocycles. The van der Waals surface area contributed by atoms with Crippen LogP contribution in [-0.4, -0.2) is 41.1 Å². The monoisotopic (exact) mass is 666 g/mol. The van der Waals surface area contributed by atoms with Gasteiger partial charge in [0.1, 0.15) is 0 Å². The van der Waals surface area contributed by atoms with Crippen molar-refractivity contribution in [2.75, 3.05) is 0 Å². The van der Waals surface area contributed by atoms with E-state index in [0.717, 1.165) is 22.6 Å². The van der Waals surface area contributed by atoms with E-state index in [2.05, 4.69) is 76.3 Å². The zero-order chi connectivity index (χ0) is 26.9. The molecule has 3 nitrogen and oxygen atoms in total. The Hall–Kier alpha value is -0.117. The molecule has 4 rings (SSSR count). The van der Waals surface area contributed by atoms with Crippen molar-refractivity contribution >= 4 is 36.6 Å². The van der Waals surface area contributed by atoms with E-state index >= 15 is 0 Å². The zero-order valence-corrected chi connectivity index (χ0v) is 26.3. The van der Waals surface area contributed by atoms with Crippen molar-refractivity contribution in [1.29, 1.82) is 0 Å². The Balaban J connectivity index is 0.000000335. The summed E-state index contributed by atoms with van der Waals surface area (Å²) >= 11 is 0. The van der Waals surface area contributed by atoms with E-state index in [0.29, 0.717) is 0 Å². The first kappa shape index (κ1) is 34.9. The number of hydrogen-bond donors (Lipinski definition) is 0. The normalized spacial score (nSPS) is 28.4. The molecule has 1 aromatic carbocycles. The number of allylic oxidation sites excluding steroid dienone is 4. The molecule has 0 amide bonds. The maximum atomic E-state index is 10.7. The largest absolute Gasteiger partial charge is 0.741 e. The van der Waals surface area contributed by atoms with Crippen molar-refractivity contribution in [3.05, 3.63) is 48.6 Å². The van der Waals surface area contributed by atoms with Gasteiger partial charge in [-0.1, -0.05) is 92.1 Å². The van der Waals surface area contributed by atoms with Gasteiger partial charge >= 0.3 is 5.51 Å². The van der Waals surface area contributed by atoms with Crippen molar-refractivity contribution in [2.45, 2.75) is 107 Å². The summed E-state index contributed by atoms with van der Waals surface area (Å²) in [4.78, 5) is 0. The predicted octanol–water partition coefficient (Wildman–Crippen LogP) is 7.76. The second kappa shape index (κ2) is 16.2. The Morgan fingerprint density at radius 1 is 0.703 bits per heavy atom. The quantitative estimate of drug-likeness (QED) is 0.107. The first-order chi connectivity index (χ1) is 16.8. The summed E-state index contributed by atoms with van der Waals surface area (Å²) in [6.07, 6.45) is 19.8. The zero-order valence-electron chi connectivity index (χ0n) is 22.1. The summed E-state index contributed by atoms with van der Waals surface area (Å²) in [5, 5.41) is 3.57. The van der Waals surface area contributed by atoms with Crippen molar-refractivity contribution < 1.29 is 45.6 Å². The second-order valence-electron chi connectivity index (χ2n) is 9.85. The van der Waals surface area contributed by atoms with Crippen LogP contribution in [0.25, 0.3) is 0 Å². The molecule has 0 aromatic heterocycles. The fourth-order valence-corrected chi connectivity index (χ4v) is 12.3. The summed E-state index contributed by atoms with van der Waals surface area (Å²) in [6, 6.07) is 9.55. The number of halogens is 3. The van der Waals surface area contributed by atoms with E-state index in [1.165, 1.54) is 51.4 Å². The predicted molar refractivity (Wildman–Crippen MR) is 148 cm³/mol. The van der Waals surface area contributed by atoms with Crippen LogP contribution in [0.4, 0.5) is 13.2 Å². The standard InChI is InChI=1S/C18H28P2.C8H12.CHF3O3S.Rh/c1-13-9-10-14(2)19(13)17-7-5-6-8-18(17)20-15(3)11-12-16(20)4;1-2-4-6-8-7-5-3-1;2-1(3,4)8(5,6)7;/h5-8,13-16H,9-12H2,1-4H3;1-2,7-8H,3-6H2;(H,5,6,7);/p-1/b;2-1-,8-7-;;/t13-,14-,15-,16-;;;/m0.../s1. The van der Waals surface area contributed by atoms with E-state index in [1.54, 1.807) is 10.6 Å². The Bertz CT molecular complexity index is 896. The molecule has 0 spiro atoms. The van der Waals surface area contributed by atoms with Crippen LogP contribution >= 0.6 is 15.8 Å². The third-order valence-corrected chi connectivity index (χ3v) is 14.4. The van der Waals surface area contributed by atoms with E-state index < -0.39 is 15.6 Å². The molecule has 0 N–H and O–H groups in total. The summed E-state index contributed by atoms with van der Waals surface area (Å²) in [5.41, 5.74) is -1.91. The van der Waals surface area contributed by atoms with Gasteiger partial charge in [-0.25, -0.2) is 8.42 Å². The number of benzene rings is 1. The molecular weight excluding hydrogens is 626 g/mol. The minimum atomic E-state index is -6.09. The van der Waals surface area contributed by atoms with E-state index in [-0.39, 0.29) is 35.3 Å². The van der Waals surface area contributed by atoms with Gasteiger partial charge in [0, 0.05) is 19.5 Å². The average molecular weight is 667 g/mol. The average Bonchev–Trinajstić information content (AvgIpc) is 3.27. The van der Waals surface area contributed by atoms with Crippen LogP contribution in [0.5, 0.6) is 0 Å². The summed E-state index contributed by atoms with van der Waals surface area (Å²) < 4.78 is 58.9. The molecule has 2 fully saturated rings. The topological polar surface area (TPSA) is 57.2 Å².